The molecule has 18 heavy (non-hydrogen) atoms. The third-order valence-corrected chi connectivity index (χ3v) is 3.24. The average molecular weight is 244 g/mol. The maximum absolute atomic E-state index is 5.41. The maximum atomic E-state index is 5.41. The SMILES string of the molecule is CO[C@H]1CNCC1Nc1cnc2ccccc2n1. The number of aromatic nitrogens is 2. The first-order chi connectivity index (χ1) is 8.86. The first-order valence-corrected chi connectivity index (χ1v) is 6.08. The number of hydrogen-bond donors (Lipinski definition) is 2. The van der Waals surface area contributed by atoms with E-state index in [0.29, 0.717) is 0 Å². The van der Waals surface area contributed by atoms with Gasteiger partial charge in [0.15, 0.2) is 0 Å². The van der Waals surface area contributed by atoms with E-state index < -0.39 is 0 Å². The van der Waals surface area contributed by atoms with Crippen LogP contribution in [0.3, 0.4) is 0 Å². The van der Waals surface area contributed by atoms with Crippen LogP contribution in [0, 0.1) is 0 Å². The van der Waals surface area contributed by atoms with E-state index in [1.54, 1.807) is 13.3 Å². The van der Waals surface area contributed by atoms with Gasteiger partial charge in [0.05, 0.1) is 29.4 Å². The lowest BCUT2D eigenvalue weighted by Gasteiger charge is -2.18. The molecule has 0 amide bonds. The molecule has 5 heteroatoms. The fraction of sp³-hybridized carbons (Fsp3) is 0.385. The van der Waals surface area contributed by atoms with E-state index in [0.717, 1.165) is 29.9 Å². The number of ether oxygens (including phenoxy) is 1. The van der Waals surface area contributed by atoms with Gasteiger partial charge >= 0.3 is 0 Å². The van der Waals surface area contributed by atoms with Crippen LogP contribution in [0.2, 0.25) is 0 Å². The number of anilines is 1. The zero-order valence-corrected chi connectivity index (χ0v) is 10.3. The first-order valence-electron chi connectivity index (χ1n) is 6.08. The van der Waals surface area contributed by atoms with Crippen molar-refractivity contribution in [3.05, 3.63) is 30.5 Å². The van der Waals surface area contributed by atoms with Gasteiger partial charge in [-0.2, -0.15) is 0 Å². The molecule has 0 saturated carbocycles. The van der Waals surface area contributed by atoms with Gasteiger partial charge in [-0.3, -0.25) is 4.98 Å². The number of para-hydroxylation sites is 2. The molecule has 0 radical (unpaired) electrons. The first kappa shape index (κ1) is 11.4. The van der Waals surface area contributed by atoms with Crippen LogP contribution < -0.4 is 10.6 Å². The van der Waals surface area contributed by atoms with Gasteiger partial charge in [0.1, 0.15) is 5.82 Å². The Bertz CT molecular complexity index is 545. The third-order valence-electron chi connectivity index (χ3n) is 3.24. The molecule has 0 aliphatic carbocycles. The lowest BCUT2D eigenvalue weighted by molar-refractivity contribution is 0.111. The molecule has 2 atom stereocenters. The normalized spacial score (nSPS) is 23.4. The topological polar surface area (TPSA) is 59.1 Å². The van der Waals surface area contributed by atoms with Gasteiger partial charge in [0, 0.05) is 20.2 Å². The average Bonchev–Trinajstić information content (AvgIpc) is 2.86. The summed E-state index contributed by atoms with van der Waals surface area (Å²) in [6.45, 7) is 1.75. The van der Waals surface area contributed by atoms with Crippen molar-refractivity contribution in [2.45, 2.75) is 12.1 Å². The van der Waals surface area contributed by atoms with Crippen LogP contribution in [0.5, 0.6) is 0 Å². The highest BCUT2D eigenvalue weighted by atomic mass is 16.5. The monoisotopic (exact) mass is 244 g/mol. The molecule has 3 rings (SSSR count). The third kappa shape index (κ3) is 2.14. The summed E-state index contributed by atoms with van der Waals surface area (Å²) in [7, 11) is 1.73. The minimum Gasteiger partial charge on any atom is -0.378 e. The number of nitrogens with one attached hydrogen (secondary N) is 2. The zero-order valence-electron chi connectivity index (χ0n) is 10.3. The van der Waals surface area contributed by atoms with E-state index in [4.69, 9.17) is 4.74 Å². The molecule has 0 spiro atoms. The fourth-order valence-corrected chi connectivity index (χ4v) is 2.26. The summed E-state index contributed by atoms with van der Waals surface area (Å²) in [5.74, 6) is 0.796. The molecular weight excluding hydrogens is 228 g/mol. The molecule has 1 aliphatic heterocycles. The summed E-state index contributed by atoms with van der Waals surface area (Å²) in [6.07, 6.45) is 1.95. The minimum absolute atomic E-state index is 0.179. The summed E-state index contributed by atoms with van der Waals surface area (Å²) in [5.41, 5.74) is 1.82. The Balaban J connectivity index is 1.82. The van der Waals surface area contributed by atoms with Gasteiger partial charge in [-0.15, -0.1) is 0 Å². The van der Waals surface area contributed by atoms with Crippen LogP contribution in [0.15, 0.2) is 30.5 Å². The van der Waals surface area contributed by atoms with Gasteiger partial charge < -0.3 is 15.4 Å². The minimum atomic E-state index is 0.179. The van der Waals surface area contributed by atoms with Crippen LogP contribution >= 0.6 is 0 Å². The van der Waals surface area contributed by atoms with Crippen molar-refractivity contribution in [3.8, 4) is 0 Å². The molecule has 94 valence electrons. The molecular formula is C13H16N4O. The second-order valence-electron chi connectivity index (χ2n) is 4.43. The highest BCUT2D eigenvalue weighted by Gasteiger charge is 2.26. The Hall–Kier alpha value is -1.72. The Kier molecular flexibility index (Phi) is 3.08. The summed E-state index contributed by atoms with van der Waals surface area (Å²) in [5, 5.41) is 6.67. The van der Waals surface area contributed by atoms with Crippen LogP contribution in [0.1, 0.15) is 0 Å². The van der Waals surface area contributed by atoms with Gasteiger partial charge in [-0.25, -0.2) is 4.98 Å². The van der Waals surface area contributed by atoms with E-state index in [1.807, 2.05) is 24.3 Å². The lowest BCUT2D eigenvalue weighted by Crippen LogP contribution is -2.33. The Morgan fingerprint density at radius 3 is 2.94 bits per heavy atom. The molecule has 1 aromatic heterocycles. The van der Waals surface area contributed by atoms with Crippen LogP contribution in [0.25, 0.3) is 11.0 Å². The molecule has 1 aromatic carbocycles. The van der Waals surface area contributed by atoms with Crippen LogP contribution in [-0.2, 0) is 4.74 Å². The van der Waals surface area contributed by atoms with Crippen LogP contribution in [0.4, 0.5) is 5.82 Å². The predicted molar refractivity (Wildman–Crippen MR) is 70.6 cm³/mol. The summed E-state index contributed by atoms with van der Waals surface area (Å²) in [6, 6.07) is 8.10. The van der Waals surface area contributed by atoms with Gasteiger partial charge in [-0.05, 0) is 12.1 Å². The molecule has 2 N–H and O–H groups in total. The van der Waals surface area contributed by atoms with E-state index >= 15 is 0 Å². The van der Waals surface area contributed by atoms with Crippen molar-refractivity contribution in [3.63, 3.8) is 0 Å². The van der Waals surface area contributed by atoms with E-state index in [9.17, 15) is 0 Å². The van der Waals surface area contributed by atoms with E-state index in [1.165, 1.54) is 0 Å². The number of rotatable bonds is 3. The molecule has 5 nitrogen and oxygen atoms in total. The predicted octanol–water partition coefficient (Wildman–Crippen LogP) is 1.03. The van der Waals surface area contributed by atoms with Gasteiger partial charge in [0.25, 0.3) is 0 Å². The number of benzene rings is 1. The largest absolute Gasteiger partial charge is 0.378 e. The van der Waals surface area contributed by atoms with Crippen molar-refractivity contribution in [2.24, 2.45) is 0 Å². The molecule has 1 fully saturated rings. The quantitative estimate of drug-likeness (QED) is 0.844. The molecule has 0 bridgehead atoms. The standard InChI is InChI=1S/C13H16N4O/c1-18-12-7-14-6-11(12)17-13-8-15-9-4-2-3-5-10(9)16-13/h2-5,8,11-12,14H,6-7H2,1H3,(H,16,17)/t11?,12-/m0/s1. The molecule has 1 unspecified atom stereocenters. The van der Waals surface area contributed by atoms with Crippen LogP contribution in [-0.4, -0.2) is 42.3 Å². The summed E-state index contributed by atoms with van der Waals surface area (Å²) < 4.78 is 5.41. The smallest absolute Gasteiger partial charge is 0.145 e. The summed E-state index contributed by atoms with van der Waals surface area (Å²) in [4.78, 5) is 8.94. The van der Waals surface area contributed by atoms with E-state index in [-0.39, 0.29) is 12.1 Å². The Morgan fingerprint density at radius 1 is 1.28 bits per heavy atom. The maximum Gasteiger partial charge on any atom is 0.145 e. The second kappa shape index (κ2) is 4.88. The summed E-state index contributed by atoms with van der Waals surface area (Å²) >= 11 is 0. The van der Waals surface area contributed by atoms with Gasteiger partial charge in [0.2, 0.25) is 0 Å². The van der Waals surface area contributed by atoms with Crippen molar-refractivity contribution < 1.29 is 4.74 Å². The van der Waals surface area contributed by atoms with Crippen molar-refractivity contribution in [1.82, 2.24) is 15.3 Å². The molecule has 2 aromatic rings. The molecule has 1 aliphatic rings. The number of fused-ring (bicyclic) bond motifs is 1. The van der Waals surface area contributed by atoms with Gasteiger partial charge in [-0.1, -0.05) is 12.1 Å². The highest BCUT2D eigenvalue weighted by Crippen LogP contribution is 2.14. The fourth-order valence-electron chi connectivity index (χ4n) is 2.26. The number of hydrogen-bond acceptors (Lipinski definition) is 5. The molecule has 2 heterocycles. The Morgan fingerprint density at radius 2 is 2.11 bits per heavy atom. The lowest BCUT2D eigenvalue weighted by atomic mass is 10.2. The number of nitrogens with zero attached hydrogens (tertiary/aromatic N) is 2. The van der Waals surface area contributed by atoms with Crippen molar-refractivity contribution in [1.29, 1.82) is 0 Å². The molecule has 1 saturated heterocycles. The van der Waals surface area contributed by atoms with Crippen molar-refractivity contribution in [2.75, 3.05) is 25.5 Å². The second-order valence-corrected chi connectivity index (χ2v) is 4.43. The van der Waals surface area contributed by atoms with Crippen molar-refractivity contribution >= 4 is 16.9 Å². The zero-order chi connectivity index (χ0) is 12.4. The highest BCUT2D eigenvalue weighted by molar-refractivity contribution is 5.75. The van der Waals surface area contributed by atoms with E-state index in [2.05, 4.69) is 20.6 Å². The number of methoxy groups -OCH3 is 1. The Labute approximate surface area is 106 Å².